The maximum atomic E-state index is 12.9. The molecule has 1 saturated heterocycles. The van der Waals surface area contributed by atoms with Gasteiger partial charge in [-0.25, -0.2) is 15.0 Å². The third kappa shape index (κ3) is 3.04. The molecule has 0 bridgehead atoms. The normalized spacial score (nSPS) is 24.5. The second-order valence-corrected chi connectivity index (χ2v) is 13.0. The van der Waals surface area contributed by atoms with E-state index in [0.717, 1.165) is 0 Å². The molecule has 8 nitrogen and oxygen atoms in total. The molecule has 26 heavy (non-hydrogen) atoms. The first-order valence-electron chi connectivity index (χ1n) is 8.87. The van der Waals surface area contributed by atoms with Gasteiger partial charge < -0.3 is 14.9 Å². The van der Waals surface area contributed by atoms with E-state index in [2.05, 4.69) is 48.8 Å². The molecule has 0 unspecified atom stereocenters. The van der Waals surface area contributed by atoms with Gasteiger partial charge in [-0.2, -0.15) is 0 Å². The van der Waals surface area contributed by atoms with Gasteiger partial charge in [0, 0.05) is 0 Å². The lowest BCUT2D eigenvalue weighted by atomic mass is 10.1. The van der Waals surface area contributed by atoms with Gasteiger partial charge in [0.2, 0.25) is 0 Å². The van der Waals surface area contributed by atoms with Gasteiger partial charge in [0.25, 0.3) is 0 Å². The number of fused-ring (bicyclic) bond motifs is 1. The van der Waals surface area contributed by atoms with Crippen LogP contribution >= 0.6 is 0 Å². The van der Waals surface area contributed by atoms with E-state index in [4.69, 9.17) is 14.9 Å². The van der Waals surface area contributed by atoms with Gasteiger partial charge in [0.05, 0.1) is 6.33 Å². The second kappa shape index (κ2) is 6.40. The maximum absolute atomic E-state index is 12.9. The van der Waals surface area contributed by atoms with Crippen molar-refractivity contribution in [2.75, 3.05) is 5.73 Å². The number of rotatable bonds is 4. The summed E-state index contributed by atoms with van der Waals surface area (Å²) in [7, 11) is -2.18. The van der Waals surface area contributed by atoms with E-state index in [-0.39, 0.29) is 10.8 Å². The van der Waals surface area contributed by atoms with Gasteiger partial charge >= 0.3 is 0 Å². The SMILES string of the molecule is CC[C@H]1O[C@@H](n2cnc3c(N)ncnc32)[C@H](O[Si](C)(C)C(C)(C)C)C1=O. The monoisotopic (exact) mass is 377 g/mol. The minimum absolute atomic E-state index is 0.0220. The number of anilines is 1. The Kier molecular flexibility index (Phi) is 4.66. The lowest BCUT2D eigenvalue weighted by Crippen LogP contribution is -2.47. The van der Waals surface area contributed by atoms with Crippen LogP contribution in [0.1, 0.15) is 40.3 Å². The Morgan fingerprint density at radius 2 is 2.00 bits per heavy atom. The summed E-state index contributed by atoms with van der Waals surface area (Å²) < 4.78 is 14.3. The number of ketones is 1. The highest BCUT2D eigenvalue weighted by Crippen LogP contribution is 2.41. The van der Waals surface area contributed by atoms with Crippen molar-refractivity contribution >= 4 is 31.1 Å². The molecule has 0 amide bonds. The van der Waals surface area contributed by atoms with Gasteiger partial charge in [0.1, 0.15) is 17.9 Å². The highest BCUT2D eigenvalue weighted by Gasteiger charge is 2.50. The molecule has 2 N–H and O–H groups in total. The fourth-order valence-corrected chi connectivity index (χ4v) is 4.03. The van der Waals surface area contributed by atoms with Crippen molar-refractivity contribution in [2.45, 2.75) is 70.7 Å². The fourth-order valence-electron chi connectivity index (χ4n) is 2.81. The molecule has 2 aromatic heterocycles. The number of imidazole rings is 1. The van der Waals surface area contributed by atoms with Crippen LogP contribution < -0.4 is 5.73 Å². The molecule has 142 valence electrons. The Bertz CT molecular complexity index is 829. The van der Waals surface area contributed by atoms with E-state index in [0.29, 0.717) is 23.4 Å². The Morgan fingerprint density at radius 3 is 2.62 bits per heavy atom. The van der Waals surface area contributed by atoms with Crippen molar-refractivity contribution in [3.63, 3.8) is 0 Å². The number of hydrogen-bond acceptors (Lipinski definition) is 7. The van der Waals surface area contributed by atoms with Gasteiger partial charge in [-0.15, -0.1) is 0 Å². The first-order chi connectivity index (χ1) is 12.1. The zero-order valence-corrected chi connectivity index (χ0v) is 17.2. The maximum Gasteiger partial charge on any atom is 0.193 e. The lowest BCUT2D eigenvalue weighted by Gasteiger charge is -2.38. The highest BCUT2D eigenvalue weighted by molar-refractivity contribution is 6.74. The first kappa shape index (κ1) is 18.9. The number of Topliss-reactive ketones (excluding diaryl/α,β-unsaturated/α-hetero) is 1. The molecule has 9 heteroatoms. The Labute approximate surface area is 154 Å². The lowest BCUT2D eigenvalue weighted by molar-refractivity contribution is -0.126. The molecule has 0 spiro atoms. The average molecular weight is 378 g/mol. The summed E-state index contributed by atoms with van der Waals surface area (Å²) in [5.74, 6) is 0.276. The van der Waals surface area contributed by atoms with Crippen molar-refractivity contribution in [3.05, 3.63) is 12.7 Å². The Morgan fingerprint density at radius 1 is 1.31 bits per heavy atom. The number of carbonyl (C=O) groups excluding carboxylic acids is 1. The van der Waals surface area contributed by atoms with Crippen LogP contribution in [0.5, 0.6) is 0 Å². The number of carbonyl (C=O) groups is 1. The topological polar surface area (TPSA) is 105 Å². The quantitative estimate of drug-likeness (QED) is 0.817. The molecular formula is C17H27N5O3Si. The van der Waals surface area contributed by atoms with Gasteiger partial charge in [0.15, 0.2) is 37.9 Å². The molecule has 1 aliphatic heterocycles. The molecule has 0 saturated carbocycles. The summed E-state index contributed by atoms with van der Waals surface area (Å²) in [4.78, 5) is 25.5. The molecule has 0 radical (unpaired) electrons. The molecule has 1 aliphatic rings. The Balaban J connectivity index is 2.03. The van der Waals surface area contributed by atoms with Crippen LogP contribution in [0, 0.1) is 0 Å². The molecule has 0 aromatic carbocycles. The molecule has 0 aliphatic carbocycles. The van der Waals surface area contributed by atoms with Crippen molar-refractivity contribution in [1.29, 1.82) is 0 Å². The smallest absolute Gasteiger partial charge is 0.193 e. The van der Waals surface area contributed by atoms with E-state index < -0.39 is 26.8 Å². The summed E-state index contributed by atoms with van der Waals surface area (Å²) in [6, 6.07) is 0. The predicted molar refractivity (Wildman–Crippen MR) is 101 cm³/mol. The van der Waals surface area contributed by atoms with E-state index in [9.17, 15) is 4.79 Å². The summed E-state index contributed by atoms with van der Waals surface area (Å²) in [6.45, 7) is 12.6. The van der Waals surface area contributed by atoms with E-state index in [1.807, 2.05) is 6.92 Å². The molecule has 3 rings (SSSR count). The second-order valence-electron chi connectivity index (χ2n) is 8.21. The number of ether oxygens (including phenoxy) is 1. The van der Waals surface area contributed by atoms with Crippen LogP contribution in [-0.4, -0.2) is 45.8 Å². The van der Waals surface area contributed by atoms with Crippen LogP contribution in [0.3, 0.4) is 0 Å². The van der Waals surface area contributed by atoms with Crippen LogP contribution in [-0.2, 0) is 14.0 Å². The van der Waals surface area contributed by atoms with E-state index in [1.165, 1.54) is 6.33 Å². The summed E-state index contributed by atoms with van der Waals surface area (Å²) in [6.07, 6.45) is 1.78. The third-order valence-corrected chi connectivity index (χ3v) is 9.88. The highest BCUT2D eigenvalue weighted by atomic mass is 28.4. The van der Waals surface area contributed by atoms with Crippen molar-refractivity contribution < 1.29 is 14.0 Å². The third-order valence-electron chi connectivity index (χ3n) is 5.42. The van der Waals surface area contributed by atoms with Crippen LogP contribution in [0.4, 0.5) is 5.82 Å². The van der Waals surface area contributed by atoms with E-state index in [1.54, 1.807) is 10.9 Å². The Hall–Kier alpha value is -1.84. The van der Waals surface area contributed by atoms with Crippen molar-refractivity contribution in [2.24, 2.45) is 0 Å². The number of nitrogen functional groups attached to an aromatic ring is 1. The van der Waals surface area contributed by atoms with Crippen LogP contribution in [0.25, 0.3) is 11.2 Å². The standard InChI is InChI=1S/C17H27N5O3Si/c1-7-10-12(23)13(25-26(5,6)17(2,3)4)16(24-10)22-9-21-11-14(18)19-8-20-15(11)22/h8-10,13,16H,7H2,1-6H3,(H2,18,19,20)/t10-,13-,16-/m1/s1. The molecule has 3 atom stereocenters. The zero-order chi connectivity index (χ0) is 19.3. The summed E-state index contributed by atoms with van der Waals surface area (Å²) in [5.41, 5.74) is 6.92. The van der Waals surface area contributed by atoms with Crippen LogP contribution in [0.2, 0.25) is 18.1 Å². The van der Waals surface area contributed by atoms with Gasteiger partial charge in [-0.05, 0) is 24.6 Å². The van der Waals surface area contributed by atoms with Crippen LogP contribution in [0.15, 0.2) is 12.7 Å². The number of hydrogen-bond donors (Lipinski definition) is 1. The van der Waals surface area contributed by atoms with Gasteiger partial charge in [-0.3, -0.25) is 9.36 Å². The zero-order valence-electron chi connectivity index (χ0n) is 16.2. The van der Waals surface area contributed by atoms with Gasteiger partial charge in [-0.1, -0.05) is 27.7 Å². The minimum Gasteiger partial charge on any atom is -0.403 e. The molecule has 3 heterocycles. The fraction of sp³-hybridized carbons (Fsp3) is 0.647. The van der Waals surface area contributed by atoms with Crippen molar-refractivity contribution in [1.82, 2.24) is 19.5 Å². The largest absolute Gasteiger partial charge is 0.403 e. The van der Waals surface area contributed by atoms with Crippen molar-refractivity contribution in [3.8, 4) is 0 Å². The molecule has 1 fully saturated rings. The number of aromatic nitrogens is 4. The molecular weight excluding hydrogens is 350 g/mol. The summed E-state index contributed by atoms with van der Waals surface area (Å²) in [5, 5.41) is -0.0221. The first-order valence-corrected chi connectivity index (χ1v) is 11.8. The number of nitrogens with zero attached hydrogens (tertiary/aromatic N) is 4. The minimum atomic E-state index is -2.18. The predicted octanol–water partition coefficient (Wildman–Crippen LogP) is 2.68. The average Bonchev–Trinajstić information content (AvgIpc) is 3.09. The number of nitrogens with two attached hydrogens (primary N) is 1. The molecule has 2 aromatic rings. The summed E-state index contributed by atoms with van der Waals surface area (Å²) >= 11 is 0. The van der Waals surface area contributed by atoms with E-state index >= 15 is 0 Å².